The number of carbonyl (C=O) groups is 2. The number of benzene rings is 3. The van der Waals surface area contributed by atoms with Gasteiger partial charge < -0.3 is 20.1 Å². The normalized spacial score (nSPS) is 14.3. The fourth-order valence-corrected chi connectivity index (χ4v) is 4.11. The quantitative estimate of drug-likeness (QED) is 0.542. The number of phenolic OH excluding ortho intramolecular Hbond substituents is 2. The molecule has 3 aromatic carbocycles. The maximum Gasteiger partial charge on any atom is 0.340 e. The van der Waals surface area contributed by atoms with Crippen molar-refractivity contribution >= 4 is 11.9 Å². The van der Waals surface area contributed by atoms with Gasteiger partial charge in [0.15, 0.2) is 5.60 Å². The van der Waals surface area contributed by atoms with E-state index in [1.807, 2.05) is 13.8 Å². The highest BCUT2D eigenvalue weighted by Crippen LogP contribution is 2.53. The summed E-state index contributed by atoms with van der Waals surface area (Å²) in [4.78, 5) is 24.6. The van der Waals surface area contributed by atoms with E-state index >= 15 is 0 Å². The van der Waals surface area contributed by atoms with Gasteiger partial charge in [-0.25, -0.2) is 9.59 Å². The summed E-state index contributed by atoms with van der Waals surface area (Å²) >= 11 is 0. The molecule has 0 atom stereocenters. The minimum atomic E-state index is -1.71. The van der Waals surface area contributed by atoms with Crippen LogP contribution >= 0.6 is 0 Å². The largest absolute Gasteiger partial charge is 0.507 e. The van der Waals surface area contributed by atoms with Crippen LogP contribution in [0.2, 0.25) is 0 Å². The number of aromatic carboxylic acids is 1. The number of cyclic esters (lactones) is 1. The van der Waals surface area contributed by atoms with Crippen molar-refractivity contribution in [2.75, 3.05) is 0 Å². The standard InChI is InChI=1S/C25H22O6/c1-12-5-9-18(21(26)14(12)3)25(19-10-6-13(2)15(4)22(19)27)20-11-16(23(28)29)7-8-17(20)24(30)31-25/h5-11,26-27H,1-4H3,(H,28,29). The van der Waals surface area contributed by atoms with Crippen molar-refractivity contribution in [3.8, 4) is 11.5 Å². The Labute approximate surface area is 179 Å². The molecule has 6 nitrogen and oxygen atoms in total. The molecule has 158 valence electrons. The number of phenols is 2. The first kappa shape index (κ1) is 20.5. The average molecular weight is 418 g/mol. The molecule has 0 unspecified atom stereocenters. The van der Waals surface area contributed by atoms with Crippen molar-refractivity contribution in [3.05, 3.63) is 92.5 Å². The molecule has 31 heavy (non-hydrogen) atoms. The van der Waals surface area contributed by atoms with Gasteiger partial charge in [-0.05, 0) is 68.1 Å². The molecule has 4 rings (SSSR count). The van der Waals surface area contributed by atoms with Gasteiger partial charge in [0.2, 0.25) is 0 Å². The second-order valence-corrected chi connectivity index (χ2v) is 7.94. The zero-order valence-corrected chi connectivity index (χ0v) is 17.6. The number of aromatic hydroxyl groups is 2. The summed E-state index contributed by atoms with van der Waals surface area (Å²) < 4.78 is 5.93. The van der Waals surface area contributed by atoms with E-state index in [0.29, 0.717) is 11.1 Å². The summed E-state index contributed by atoms with van der Waals surface area (Å²) in [7, 11) is 0. The average Bonchev–Trinajstić information content (AvgIpc) is 3.03. The Bertz CT molecular complexity index is 1210. The molecule has 0 saturated carbocycles. The van der Waals surface area contributed by atoms with E-state index in [9.17, 15) is 24.9 Å². The van der Waals surface area contributed by atoms with Crippen LogP contribution < -0.4 is 0 Å². The predicted octanol–water partition coefficient (Wildman–Crippen LogP) is 4.49. The van der Waals surface area contributed by atoms with Gasteiger partial charge >= 0.3 is 11.9 Å². The summed E-state index contributed by atoms with van der Waals surface area (Å²) in [6.45, 7) is 7.17. The Morgan fingerprint density at radius 3 is 1.81 bits per heavy atom. The minimum absolute atomic E-state index is 0.0342. The van der Waals surface area contributed by atoms with Crippen LogP contribution in [0, 0.1) is 27.7 Å². The predicted molar refractivity (Wildman–Crippen MR) is 114 cm³/mol. The number of hydrogen-bond donors (Lipinski definition) is 3. The van der Waals surface area contributed by atoms with Gasteiger partial charge in [-0.15, -0.1) is 0 Å². The molecule has 0 amide bonds. The Kier molecular flexibility index (Phi) is 4.54. The van der Waals surface area contributed by atoms with Crippen molar-refractivity contribution in [1.82, 2.24) is 0 Å². The molecule has 0 bridgehead atoms. The van der Waals surface area contributed by atoms with Crippen molar-refractivity contribution in [2.45, 2.75) is 33.3 Å². The molecule has 1 heterocycles. The Morgan fingerprint density at radius 1 is 0.806 bits per heavy atom. The SMILES string of the molecule is Cc1ccc(C2(c3ccc(C)c(C)c3O)OC(=O)c3ccc(C(=O)O)cc32)c(O)c1C. The van der Waals surface area contributed by atoms with Crippen molar-refractivity contribution in [3.63, 3.8) is 0 Å². The molecule has 6 heteroatoms. The molecule has 3 N–H and O–H groups in total. The van der Waals surface area contributed by atoms with Crippen LogP contribution in [-0.4, -0.2) is 27.3 Å². The van der Waals surface area contributed by atoms with Crippen LogP contribution in [-0.2, 0) is 10.3 Å². The number of carboxylic acid groups (broad SMARTS) is 1. The number of esters is 1. The van der Waals surface area contributed by atoms with Crippen molar-refractivity contribution in [1.29, 1.82) is 0 Å². The molecule has 1 aliphatic heterocycles. The molecule has 1 aliphatic rings. The van der Waals surface area contributed by atoms with Crippen LogP contribution in [0.5, 0.6) is 11.5 Å². The summed E-state index contributed by atoms with van der Waals surface area (Å²) in [5.41, 5.74) is 2.07. The number of ether oxygens (including phenoxy) is 1. The highest BCUT2D eigenvalue weighted by atomic mass is 16.6. The number of aryl methyl sites for hydroxylation is 2. The number of fused-ring (bicyclic) bond motifs is 1. The van der Waals surface area contributed by atoms with E-state index in [1.54, 1.807) is 38.1 Å². The van der Waals surface area contributed by atoms with E-state index in [-0.39, 0.29) is 39.3 Å². The summed E-state index contributed by atoms with van der Waals surface area (Å²) in [5.74, 6) is -2.00. The highest BCUT2D eigenvalue weighted by Gasteiger charge is 2.52. The molecule has 0 fully saturated rings. The molecular formula is C25H22O6. The summed E-state index contributed by atoms with van der Waals surface area (Å²) in [5, 5.41) is 31.7. The van der Waals surface area contributed by atoms with Gasteiger partial charge in [0.25, 0.3) is 0 Å². The Morgan fingerprint density at radius 2 is 1.32 bits per heavy atom. The van der Waals surface area contributed by atoms with Crippen molar-refractivity contribution in [2.24, 2.45) is 0 Å². The highest BCUT2D eigenvalue weighted by molar-refractivity contribution is 5.99. The molecule has 0 aliphatic carbocycles. The fraction of sp³-hybridized carbons (Fsp3) is 0.200. The molecule has 0 aromatic heterocycles. The number of carboxylic acids is 1. The second kappa shape index (κ2) is 6.87. The lowest BCUT2D eigenvalue weighted by Crippen LogP contribution is -2.30. The number of hydrogen-bond acceptors (Lipinski definition) is 5. The van der Waals surface area contributed by atoms with Gasteiger partial charge in [0, 0.05) is 16.7 Å². The monoisotopic (exact) mass is 418 g/mol. The number of carbonyl (C=O) groups excluding carboxylic acids is 1. The number of rotatable bonds is 3. The van der Waals surface area contributed by atoms with Crippen LogP contribution in [0.15, 0.2) is 42.5 Å². The van der Waals surface area contributed by atoms with Gasteiger partial charge in [0.05, 0.1) is 11.1 Å². The Hall–Kier alpha value is -3.80. The molecule has 0 radical (unpaired) electrons. The van der Waals surface area contributed by atoms with E-state index in [1.165, 1.54) is 18.2 Å². The van der Waals surface area contributed by atoms with E-state index in [4.69, 9.17) is 4.74 Å². The lowest BCUT2D eigenvalue weighted by molar-refractivity contribution is 0.0239. The van der Waals surface area contributed by atoms with E-state index < -0.39 is 17.5 Å². The zero-order chi connectivity index (χ0) is 22.7. The van der Waals surface area contributed by atoms with Gasteiger partial charge in [-0.1, -0.05) is 24.3 Å². The first-order valence-electron chi connectivity index (χ1n) is 9.80. The van der Waals surface area contributed by atoms with Crippen LogP contribution in [0.1, 0.15) is 59.7 Å². The molecule has 3 aromatic rings. The third-order valence-corrected chi connectivity index (χ3v) is 6.27. The zero-order valence-electron chi connectivity index (χ0n) is 17.6. The summed E-state index contributed by atoms with van der Waals surface area (Å²) in [6, 6.07) is 11.0. The Balaban J connectivity index is 2.18. The van der Waals surface area contributed by atoms with Crippen LogP contribution in [0.25, 0.3) is 0 Å². The lowest BCUT2D eigenvalue weighted by Gasteiger charge is -2.32. The van der Waals surface area contributed by atoms with Crippen LogP contribution in [0.3, 0.4) is 0 Å². The maximum absolute atomic E-state index is 12.9. The van der Waals surface area contributed by atoms with Gasteiger partial charge in [-0.3, -0.25) is 0 Å². The third kappa shape index (κ3) is 2.79. The van der Waals surface area contributed by atoms with Gasteiger partial charge in [0.1, 0.15) is 11.5 Å². The van der Waals surface area contributed by atoms with E-state index in [2.05, 4.69) is 0 Å². The second-order valence-electron chi connectivity index (χ2n) is 7.94. The maximum atomic E-state index is 12.9. The molecule has 0 saturated heterocycles. The topological polar surface area (TPSA) is 104 Å². The summed E-state index contributed by atoms with van der Waals surface area (Å²) in [6.07, 6.45) is 0. The molecular weight excluding hydrogens is 396 g/mol. The first-order valence-corrected chi connectivity index (χ1v) is 9.80. The lowest BCUT2D eigenvalue weighted by atomic mass is 9.77. The first-order chi connectivity index (χ1) is 14.6. The third-order valence-electron chi connectivity index (χ3n) is 6.27. The van der Waals surface area contributed by atoms with E-state index in [0.717, 1.165) is 11.1 Å². The van der Waals surface area contributed by atoms with Crippen LogP contribution in [0.4, 0.5) is 0 Å². The van der Waals surface area contributed by atoms with Crippen molar-refractivity contribution < 1.29 is 29.6 Å². The minimum Gasteiger partial charge on any atom is -0.507 e. The smallest absolute Gasteiger partial charge is 0.340 e. The fourth-order valence-electron chi connectivity index (χ4n) is 4.11. The molecule has 0 spiro atoms. The van der Waals surface area contributed by atoms with Gasteiger partial charge in [-0.2, -0.15) is 0 Å².